The fraction of sp³-hybridized carbons (Fsp3) is 0.435. The first-order chi connectivity index (χ1) is 16.8. The Morgan fingerprint density at radius 2 is 1.19 bits per heavy atom. The predicted molar refractivity (Wildman–Crippen MR) is 107 cm³/mol. The van der Waals surface area contributed by atoms with Gasteiger partial charge in [0.2, 0.25) is 0 Å². The van der Waals surface area contributed by atoms with E-state index in [2.05, 4.69) is 4.74 Å². The number of hydrogen-bond donors (Lipinski definition) is 0. The number of rotatable bonds is 11. The van der Waals surface area contributed by atoms with Crippen molar-refractivity contribution in [1.82, 2.24) is 0 Å². The van der Waals surface area contributed by atoms with Crippen LogP contribution in [0.25, 0.3) is 11.1 Å². The highest BCUT2D eigenvalue weighted by atomic mass is 19.4. The van der Waals surface area contributed by atoms with Crippen LogP contribution in [0.2, 0.25) is 0 Å². The molecule has 0 N–H and O–H groups in total. The number of alkyl halides is 12. The third kappa shape index (κ3) is 5.52. The molecule has 2 nitrogen and oxygen atoms in total. The molecule has 0 saturated heterocycles. The normalized spacial score (nSPS) is 13.7. The molecule has 2 aromatic carbocycles. The lowest BCUT2D eigenvalue weighted by Crippen LogP contribution is -2.69. The summed E-state index contributed by atoms with van der Waals surface area (Å²) in [6, 6.07) is 11.8. The van der Waals surface area contributed by atoms with E-state index in [-0.39, 0.29) is 0 Å². The fourth-order valence-corrected chi connectivity index (χ4v) is 3.05. The molecule has 14 heteroatoms. The zero-order valence-electron chi connectivity index (χ0n) is 18.7. The van der Waals surface area contributed by atoms with Crippen LogP contribution < -0.4 is 0 Å². The molecule has 0 saturated carbocycles. The Morgan fingerprint density at radius 3 is 1.62 bits per heavy atom. The van der Waals surface area contributed by atoms with Gasteiger partial charge in [0.05, 0.1) is 5.56 Å². The van der Waals surface area contributed by atoms with Crippen LogP contribution in [-0.4, -0.2) is 48.6 Å². The molecule has 0 spiro atoms. The minimum atomic E-state index is -7.68. The van der Waals surface area contributed by atoms with Crippen LogP contribution in [0.1, 0.15) is 29.3 Å². The summed E-state index contributed by atoms with van der Waals surface area (Å²) in [7, 11) is 0. The predicted octanol–water partition coefficient (Wildman–Crippen LogP) is 7.90. The SMILES string of the molecule is CCCc1ccc(-c2ccc(C(=O)OCC(F)(F)C(F)(F)C(F)(F)C(F)(F)C(F)(F)C(F)F)cc2)cc1. The second kappa shape index (κ2) is 10.4. The highest BCUT2D eigenvalue weighted by molar-refractivity contribution is 5.90. The van der Waals surface area contributed by atoms with Crippen molar-refractivity contribution >= 4 is 5.97 Å². The minimum absolute atomic E-state index is 0.526. The molecular formula is C23H18F12O2. The number of carbonyl (C=O) groups is 1. The monoisotopic (exact) mass is 554 g/mol. The molecule has 0 radical (unpaired) electrons. The van der Waals surface area contributed by atoms with Gasteiger partial charge in [-0.25, -0.2) is 13.6 Å². The molecule has 0 amide bonds. The van der Waals surface area contributed by atoms with Gasteiger partial charge < -0.3 is 4.74 Å². The lowest BCUT2D eigenvalue weighted by atomic mass is 9.94. The summed E-state index contributed by atoms with van der Waals surface area (Å²) >= 11 is 0. The molecule has 0 fully saturated rings. The second-order valence-electron chi connectivity index (χ2n) is 7.95. The summed E-state index contributed by atoms with van der Waals surface area (Å²) < 4.78 is 162. The van der Waals surface area contributed by atoms with Gasteiger partial charge in [0, 0.05) is 0 Å². The van der Waals surface area contributed by atoms with E-state index in [0.29, 0.717) is 11.1 Å². The summed E-state index contributed by atoms with van der Waals surface area (Å²) in [6.45, 7) is -0.971. The van der Waals surface area contributed by atoms with Gasteiger partial charge in [0.15, 0.2) is 6.61 Å². The van der Waals surface area contributed by atoms with Crippen molar-refractivity contribution in [2.45, 2.75) is 55.8 Å². The number of esters is 1. The largest absolute Gasteiger partial charge is 0.455 e. The Bertz CT molecular complexity index is 1060. The molecule has 2 aromatic rings. The average Bonchev–Trinajstić information content (AvgIpc) is 2.82. The molecule has 0 bridgehead atoms. The highest BCUT2D eigenvalue weighted by Gasteiger charge is 2.87. The second-order valence-corrected chi connectivity index (χ2v) is 7.95. The highest BCUT2D eigenvalue weighted by Crippen LogP contribution is 2.58. The fourth-order valence-electron chi connectivity index (χ4n) is 3.05. The number of hydrogen-bond acceptors (Lipinski definition) is 2. The molecule has 206 valence electrons. The van der Waals surface area contributed by atoms with Gasteiger partial charge >= 0.3 is 42.0 Å². The van der Waals surface area contributed by atoms with Crippen LogP contribution >= 0.6 is 0 Å². The first-order valence-corrected chi connectivity index (χ1v) is 10.4. The third-order valence-electron chi connectivity index (χ3n) is 5.27. The lowest BCUT2D eigenvalue weighted by Gasteiger charge is -2.38. The van der Waals surface area contributed by atoms with Gasteiger partial charge in [-0.05, 0) is 35.2 Å². The Morgan fingerprint density at radius 1 is 0.730 bits per heavy atom. The van der Waals surface area contributed by atoms with Crippen molar-refractivity contribution in [3.8, 4) is 11.1 Å². The van der Waals surface area contributed by atoms with Gasteiger partial charge in [0.1, 0.15) is 0 Å². The first kappa shape index (κ1) is 30.3. The van der Waals surface area contributed by atoms with Crippen LogP contribution in [0.5, 0.6) is 0 Å². The summed E-state index contributed by atoms with van der Waals surface area (Å²) in [5.74, 6) is -37.8. The molecule has 0 aliphatic heterocycles. The molecule has 2 rings (SSSR count). The molecule has 0 aliphatic rings. The maximum absolute atomic E-state index is 13.8. The van der Waals surface area contributed by atoms with Gasteiger partial charge in [0.25, 0.3) is 0 Å². The topological polar surface area (TPSA) is 26.3 Å². The van der Waals surface area contributed by atoms with Crippen molar-refractivity contribution in [3.05, 3.63) is 59.7 Å². The number of halogens is 12. The van der Waals surface area contributed by atoms with E-state index >= 15 is 0 Å². The quantitative estimate of drug-likeness (QED) is 0.209. The minimum Gasteiger partial charge on any atom is -0.455 e. The zero-order chi connectivity index (χ0) is 28.4. The standard InChI is InChI=1S/C23H18F12O2/c1-2-3-13-4-6-14(7-5-13)15-8-10-16(11-9-15)17(36)37-12-19(26,27)21(30,31)23(34,35)22(32,33)20(28,29)18(24)25/h4-11,18H,2-3,12H2,1H3. The number of carbonyl (C=O) groups excluding carboxylic acids is 1. The van der Waals surface area contributed by atoms with Crippen LogP contribution in [0, 0.1) is 0 Å². The maximum atomic E-state index is 13.8. The Balaban J connectivity index is 2.17. The van der Waals surface area contributed by atoms with E-state index in [1.807, 2.05) is 19.1 Å². The average molecular weight is 554 g/mol. The van der Waals surface area contributed by atoms with Gasteiger partial charge in [-0.15, -0.1) is 0 Å². The van der Waals surface area contributed by atoms with Crippen LogP contribution in [0.3, 0.4) is 0 Å². The van der Waals surface area contributed by atoms with E-state index in [9.17, 15) is 57.5 Å². The van der Waals surface area contributed by atoms with Gasteiger partial charge in [-0.1, -0.05) is 49.7 Å². The van der Waals surface area contributed by atoms with Crippen molar-refractivity contribution in [3.63, 3.8) is 0 Å². The number of benzene rings is 2. The smallest absolute Gasteiger partial charge is 0.384 e. The van der Waals surface area contributed by atoms with Crippen LogP contribution in [-0.2, 0) is 11.2 Å². The van der Waals surface area contributed by atoms with Gasteiger partial charge in [-0.3, -0.25) is 0 Å². The summed E-state index contributed by atoms with van der Waals surface area (Å²) in [4.78, 5) is 11.9. The Labute approximate surface area is 202 Å². The molecule has 0 aliphatic carbocycles. The summed E-state index contributed by atoms with van der Waals surface area (Å²) in [5.41, 5.74) is 1.71. The number of ether oxygens (including phenoxy) is 1. The van der Waals surface area contributed by atoms with Crippen molar-refractivity contribution in [1.29, 1.82) is 0 Å². The molecule has 0 unspecified atom stereocenters. The number of aryl methyl sites for hydroxylation is 1. The van der Waals surface area contributed by atoms with Crippen molar-refractivity contribution in [2.24, 2.45) is 0 Å². The first-order valence-electron chi connectivity index (χ1n) is 10.4. The lowest BCUT2D eigenvalue weighted by molar-refractivity contribution is -0.414. The molecular weight excluding hydrogens is 536 g/mol. The Hall–Kier alpha value is -2.93. The maximum Gasteiger partial charge on any atom is 0.384 e. The molecule has 0 aromatic heterocycles. The zero-order valence-corrected chi connectivity index (χ0v) is 18.7. The van der Waals surface area contributed by atoms with Gasteiger partial charge in [-0.2, -0.15) is 43.9 Å². The molecule has 0 atom stereocenters. The van der Waals surface area contributed by atoms with E-state index in [1.165, 1.54) is 12.1 Å². The van der Waals surface area contributed by atoms with Crippen LogP contribution in [0.4, 0.5) is 52.7 Å². The van der Waals surface area contributed by atoms with Crippen molar-refractivity contribution < 1.29 is 62.2 Å². The van der Waals surface area contributed by atoms with E-state index in [0.717, 1.165) is 30.5 Å². The molecule has 0 heterocycles. The molecule has 37 heavy (non-hydrogen) atoms. The Kier molecular flexibility index (Phi) is 8.55. The summed E-state index contributed by atoms with van der Waals surface area (Å²) in [6.07, 6.45) is -3.86. The van der Waals surface area contributed by atoms with E-state index < -0.39 is 54.2 Å². The van der Waals surface area contributed by atoms with Crippen molar-refractivity contribution in [2.75, 3.05) is 6.61 Å². The summed E-state index contributed by atoms with van der Waals surface area (Å²) in [5, 5.41) is 0. The third-order valence-corrected chi connectivity index (χ3v) is 5.27. The van der Waals surface area contributed by atoms with E-state index in [4.69, 9.17) is 0 Å². The van der Waals surface area contributed by atoms with E-state index in [1.54, 1.807) is 12.1 Å². The van der Waals surface area contributed by atoms with Crippen LogP contribution in [0.15, 0.2) is 48.5 Å².